The van der Waals surface area contributed by atoms with Crippen molar-refractivity contribution in [2.24, 2.45) is 5.10 Å². The number of hydrogen-bond donors (Lipinski definition) is 1. The van der Waals surface area contributed by atoms with Crippen LogP contribution in [-0.2, 0) is 4.79 Å². The quantitative estimate of drug-likeness (QED) is 0.297. The zero-order valence-electron chi connectivity index (χ0n) is 16.2. The van der Waals surface area contributed by atoms with Gasteiger partial charge in [-0.05, 0) is 39.0 Å². The smallest absolute Gasteiger partial charge is 0.270 e. The van der Waals surface area contributed by atoms with Gasteiger partial charge in [-0.25, -0.2) is 5.43 Å². The number of rotatable bonds is 9. The van der Waals surface area contributed by atoms with Crippen molar-refractivity contribution in [1.29, 1.82) is 0 Å². The van der Waals surface area contributed by atoms with Crippen molar-refractivity contribution in [3.63, 3.8) is 0 Å². The van der Waals surface area contributed by atoms with Crippen LogP contribution in [0.15, 0.2) is 58.5 Å². The molecule has 2 rings (SSSR count). The van der Waals surface area contributed by atoms with E-state index in [1.807, 2.05) is 44.2 Å². The number of anilines is 1. The second-order valence-electron chi connectivity index (χ2n) is 5.98. The Labute approximate surface area is 169 Å². The summed E-state index contributed by atoms with van der Waals surface area (Å²) in [6, 6.07) is 14.3. The van der Waals surface area contributed by atoms with Gasteiger partial charge in [0.15, 0.2) is 0 Å². The number of nitro benzene ring substituents is 1. The molecule has 148 valence electrons. The molecule has 0 aliphatic rings. The van der Waals surface area contributed by atoms with Crippen LogP contribution < -0.4 is 10.3 Å². The third kappa shape index (κ3) is 5.82. The van der Waals surface area contributed by atoms with E-state index in [2.05, 4.69) is 15.4 Å². The maximum atomic E-state index is 12.3. The highest BCUT2D eigenvalue weighted by molar-refractivity contribution is 8.00. The number of thioether (sulfide) groups is 1. The molecular weight excluding hydrogens is 376 g/mol. The van der Waals surface area contributed by atoms with Gasteiger partial charge in [-0.2, -0.15) is 5.10 Å². The van der Waals surface area contributed by atoms with Crippen molar-refractivity contribution in [3.05, 3.63) is 64.2 Å². The Morgan fingerprint density at radius 3 is 2.54 bits per heavy atom. The first-order valence-corrected chi connectivity index (χ1v) is 9.92. The van der Waals surface area contributed by atoms with Gasteiger partial charge in [-0.1, -0.05) is 18.2 Å². The summed E-state index contributed by atoms with van der Waals surface area (Å²) >= 11 is 1.44. The summed E-state index contributed by atoms with van der Waals surface area (Å²) < 4.78 is 0. The fraction of sp³-hybridized carbons (Fsp3) is 0.300. The van der Waals surface area contributed by atoms with Gasteiger partial charge in [0.2, 0.25) is 0 Å². The summed E-state index contributed by atoms with van der Waals surface area (Å²) in [4.78, 5) is 26.0. The van der Waals surface area contributed by atoms with Crippen molar-refractivity contribution < 1.29 is 9.72 Å². The van der Waals surface area contributed by atoms with E-state index in [4.69, 9.17) is 0 Å². The number of nitrogens with zero attached hydrogens (tertiary/aromatic N) is 3. The number of nitrogens with one attached hydrogen (secondary N) is 1. The lowest BCUT2D eigenvalue weighted by atomic mass is 10.1. The van der Waals surface area contributed by atoms with Crippen LogP contribution in [0.2, 0.25) is 0 Å². The highest BCUT2D eigenvalue weighted by Gasteiger charge is 2.15. The summed E-state index contributed by atoms with van der Waals surface area (Å²) in [7, 11) is 0. The molecule has 7 nitrogen and oxygen atoms in total. The molecule has 0 aliphatic heterocycles. The van der Waals surface area contributed by atoms with Crippen LogP contribution in [0, 0.1) is 10.1 Å². The SMILES string of the molecule is CCN(CC)c1ccc([N+](=O)[O-])cc1/C=N\NC(=O)[C@@H](C)Sc1ccccc1. The van der Waals surface area contributed by atoms with Gasteiger partial charge >= 0.3 is 0 Å². The van der Waals surface area contributed by atoms with Crippen LogP contribution in [0.1, 0.15) is 26.3 Å². The normalized spacial score (nSPS) is 12.0. The molecule has 1 atom stereocenters. The zero-order valence-corrected chi connectivity index (χ0v) is 17.0. The molecule has 0 radical (unpaired) electrons. The number of amides is 1. The molecular formula is C20H24N4O3S. The number of hydrazone groups is 1. The average molecular weight is 401 g/mol. The number of non-ortho nitro benzene ring substituents is 1. The fourth-order valence-corrected chi connectivity index (χ4v) is 3.51. The standard InChI is InChI=1S/C20H24N4O3S/c1-4-23(5-2)19-12-11-17(24(26)27)13-16(19)14-21-22-20(25)15(3)28-18-9-7-6-8-10-18/h6-15H,4-5H2,1-3H3,(H,22,25)/b21-14-/t15-/m1/s1. The Morgan fingerprint density at radius 2 is 1.93 bits per heavy atom. The van der Waals surface area contributed by atoms with E-state index in [1.165, 1.54) is 30.1 Å². The van der Waals surface area contributed by atoms with Crippen LogP contribution in [0.25, 0.3) is 0 Å². The Kier molecular flexibility index (Phi) is 8.01. The molecule has 1 amide bonds. The monoisotopic (exact) mass is 400 g/mol. The molecule has 0 aromatic heterocycles. The summed E-state index contributed by atoms with van der Waals surface area (Å²) in [6.45, 7) is 7.34. The lowest BCUT2D eigenvalue weighted by molar-refractivity contribution is -0.384. The van der Waals surface area contributed by atoms with Gasteiger partial charge in [-0.15, -0.1) is 11.8 Å². The van der Waals surface area contributed by atoms with Crippen molar-refractivity contribution in [3.8, 4) is 0 Å². The highest BCUT2D eigenvalue weighted by atomic mass is 32.2. The van der Waals surface area contributed by atoms with E-state index in [0.717, 1.165) is 23.7 Å². The Bertz CT molecular complexity index is 839. The predicted molar refractivity (Wildman–Crippen MR) is 114 cm³/mol. The number of nitro groups is 1. The minimum atomic E-state index is -0.444. The zero-order chi connectivity index (χ0) is 20.5. The lowest BCUT2D eigenvalue weighted by Gasteiger charge is -2.22. The third-order valence-corrected chi connectivity index (χ3v) is 5.24. The Hall–Kier alpha value is -2.87. The number of hydrogen-bond acceptors (Lipinski definition) is 6. The molecule has 0 saturated carbocycles. The molecule has 2 aromatic carbocycles. The lowest BCUT2D eigenvalue weighted by Crippen LogP contribution is -2.27. The van der Waals surface area contributed by atoms with Crippen molar-refractivity contribution in [2.45, 2.75) is 30.9 Å². The van der Waals surface area contributed by atoms with E-state index >= 15 is 0 Å². The second-order valence-corrected chi connectivity index (χ2v) is 7.39. The molecule has 0 bridgehead atoms. The van der Waals surface area contributed by atoms with Gasteiger partial charge in [0.25, 0.3) is 11.6 Å². The fourth-order valence-electron chi connectivity index (χ4n) is 2.62. The number of benzene rings is 2. The van der Waals surface area contributed by atoms with Crippen LogP contribution in [0.5, 0.6) is 0 Å². The molecule has 0 spiro atoms. The largest absolute Gasteiger partial charge is 0.372 e. The molecule has 0 saturated heterocycles. The predicted octanol–water partition coefficient (Wildman–Crippen LogP) is 4.07. The van der Waals surface area contributed by atoms with Crippen LogP contribution in [0.4, 0.5) is 11.4 Å². The minimum Gasteiger partial charge on any atom is -0.372 e. The first-order chi connectivity index (χ1) is 13.5. The maximum Gasteiger partial charge on any atom is 0.270 e. The molecule has 0 fully saturated rings. The van der Waals surface area contributed by atoms with Gasteiger partial charge in [0.1, 0.15) is 0 Å². The molecule has 0 unspecified atom stereocenters. The first kappa shape index (κ1) is 21.4. The van der Waals surface area contributed by atoms with E-state index in [1.54, 1.807) is 13.0 Å². The average Bonchev–Trinajstić information content (AvgIpc) is 2.70. The van der Waals surface area contributed by atoms with Crippen molar-refractivity contribution in [1.82, 2.24) is 5.43 Å². The van der Waals surface area contributed by atoms with E-state index in [-0.39, 0.29) is 16.8 Å². The third-order valence-electron chi connectivity index (χ3n) is 4.13. The van der Waals surface area contributed by atoms with Gasteiger partial charge in [0, 0.05) is 41.4 Å². The minimum absolute atomic E-state index is 0.0170. The molecule has 0 heterocycles. The molecule has 0 aliphatic carbocycles. The summed E-state index contributed by atoms with van der Waals surface area (Å²) in [6.07, 6.45) is 1.46. The maximum absolute atomic E-state index is 12.3. The summed E-state index contributed by atoms with van der Waals surface area (Å²) in [5, 5.41) is 14.8. The van der Waals surface area contributed by atoms with E-state index in [9.17, 15) is 14.9 Å². The van der Waals surface area contributed by atoms with Gasteiger partial charge in [0.05, 0.1) is 16.4 Å². The van der Waals surface area contributed by atoms with Gasteiger partial charge < -0.3 is 4.90 Å². The Morgan fingerprint density at radius 1 is 1.25 bits per heavy atom. The van der Waals surface area contributed by atoms with Crippen LogP contribution >= 0.6 is 11.8 Å². The second kappa shape index (κ2) is 10.5. The molecule has 28 heavy (non-hydrogen) atoms. The van der Waals surface area contributed by atoms with Gasteiger partial charge in [-0.3, -0.25) is 14.9 Å². The molecule has 8 heteroatoms. The van der Waals surface area contributed by atoms with Crippen LogP contribution in [-0.4, -0.2) is 35.4 Å². The Balaban J connectivity index is 2.12. The molecule has 1 N–H and O–H groups in total. The van der Waals surface area contributed by atoms with Crippen molar-refractivity contribution in [2.75, 3.05) is 18.0 Å². The molecule has 2 aromatic rings. The van der Waals surface area contributed by atoms with Crippen molar-refractivity contribution >= 4 is 35.3 Å². The summed E-state index contributed by atoms with van der Waals surface area (Å²) in [5.74, 6) is -0.236. The number of carbonyl (C=O) groups is 1. The topological polar surface area (TPSA) is 87.8 Å². The highest BCUT2D eigenvalue weighted by Crippen LogP contribution is 2.25. The van der Waals surface area contributed by atoms with Crippen LogP contribution in [0.3, 0.4) is 0 Å². The van der Waals surface area contributed by atoms with E-state index in [0.29, 0.717) is 5.56 Å². The summed E-state index contributed by atoms with van der Waals surface area (Å²) in [5.41, 5.74) is 3.92. The van der Waals surface area contributed by atoms with E-state index < -0.39 is 4.92 Å². The first-order valence-electron chi connectivity index (χ1n) is 9.04. The number of carbonyl (C=O) groups excluding carboxylic acids is 1.